The molecule has 1 aromatic carbocycles. The number of benzene rings is 1. The van der Waals surface area contributed by atoms with Crippen LogP contribution in [0.4, 0.5) is 4.79 Å². The van der Waals surface area contributed by atoms with E-state index in [0.29, 0.717) is 18.5 Å². The highest BCUT2D eigenvalue weighted by Gasteiger charge is 2.22. The zero-order valence-electron chi connectivity index (χ0n) is 15.2. The molecule has 1 aliphatic heterocycles. The molecule has 3 rings (SSSR count). The maximum atomic E-state index is 12.5. The molecule has 6 nitrogen and oxygen atoms in total. The molecule has 0 atom stereocenters. The van der Waals surface area contributed by atoms with Crippen LogP contribution in [-0.4, -0.2) is 60.1 Å². The smallest absolute Gasteiger partial charge is 0.317 e. The van der Waals surface area contributed by atoms with E-state index in [1.54, 1.807) is 7.11 Å². The molecule has 1 aromatic heterocycles. The van der Waals surface area contributed by atoms with Crippen molar-refractivity contribution in [1.29, 1.82) is 0 Å². The van der Waals surface area contributed by atoms with Crippen molar-refractivity contribution in [2.24, 2.45) is 0 Å². The van der Waals surface area contributed by atoms with E-state index < -0.39 is 0 Å². The van der Waals surface area contributed by atoms with Crippen LogP contribution < -0.4 is 10.1 Å². The number of para-hydroxylation sites is 1. The predicted octanol–water partition coefficient (Wildman–Crippen LogP) is 2.48. The lowest BCUT2D eigenvalue weighted by Gasteiger charge is -2.36. The van der Waals surface area contributed by atoms with Gasteiger partial charge in [-0.05, 0) is 25.5 Å². The molecule has 0 spiro atoms. The number of nitrogens with one attached hydrogen (secondary N) is 1. The first-order chi connectivity index (χ1) is 12.1. The van der Waals surface area contributed by atoms with Crippen LogP contribution in [0.1, 0.15) is 19.4 Å². The van der Waals surface area contributed by atoms with Crippen LogP contribution in [-0.2, 0) is 6.54 Å². The van der Waals surface area contributed by atoms with Gasteiger partial charge in [0.2, 0.25) is 5.88 Å². The van der Waals surface area contributed by atoms with Gasteiger partial charge in [0.15, 0.2) is 0 Å². The molecular formula is C19H26N4O2. The Morgan fingerprint density at radius 3 is 2.64 bits per heavy atom. The monoisotopic (exact) mass is 342 g/mol. The largest absolute Gasteiger partial charge is 0.481 e. The Morgan fingerprint density at radius 1 is 1.24 bits per heavy atom. The Balaban J connectivity index is 1.65. The lowest BCUT2D eigenvalue weighted by atomic mass is 10.1. The van der Waals surface area contributed by atoms with Crippen molar-refractivity contribution in [2.75, 3.05) is 33.3 Å². The van der Waals surface area contributed by atoms with Gasteiger partial charge in [-0.15, -0.1) is 0 Å². The molecule has 0 saturated carbocycles. The average molecular weight is 342 g/mol. The van der Waals surface area contributed by atoms with Crippen molar-refractivity contribution in [3.63, 3.8) is 0 Å². The van der Waals surface area contributed by atoms with Crippen molar-refractivity contribution >= 4 is 16.9 Å². The first-order valence-corrected chi connectivity index (χ1v) is 8.78. The molecule has 0 aliphatic carbocycles. The van der Waals surface area contributed by atoms with Crippen molar-refractivity contribution in [1.82, 2.24) is 20.1 Å². The highest BCUT2D eigenvalue weighted by atomic mass is 16.5. The van der Waals surface area contributed by atoms with E-state index >= 15 is 0 Å². The highest BCUT2D eigenvalue weighted by Crippen LogP contribution is 2.21. The summed E-state index contributed by atoms with van der Waals surface area (Å²) < 4.78 is 5.28. The molecule has 1 fully saturated rings. The third-order valence-electron chi connectivity index (χ3n) is 4.75. The van der Waals surface area contributed by atoms with Gasteiger partial charge in [-0.25, -0.2) is 9.78 Å². The number of urea groups is 1. The SMILES string of the molecule is COc1cc(CNC(=O)N2CCN(C(C)C)CC2)c2ccccc2n1. The van der Waals surface area contributed by atoms with E-state index in [9.17, 15) is 4.79 Å². The summed E-state index contributed by atoms with van der Waals surface area (Å²) in [6.07, 6.45) is 0. The standard InChI is InChI=1S/C19H26N4O2/c1-14(2)22-8-10-23(11-9-22)19(24)20-13-15-12-18(25-3)21-17-7-5-4-6-16(15)17/h4-7,12,14H,8-11,13H2,1-3H3,(H,20,24). The Bertz CT molecular complexity index is 739. The third kappa shape index (κ3) is 4.02. The molecule has 6 heteroatoms. The lowest BCUT2D eigenvalue weighted by molar-refractivity contribution is 0.119. The molecule has 2 heterocycles. The van der Waals surface area contributed by atoms with Gasteiger partial charge < -0.3 is 15.0 Å². The quantitative estimate of drug-likeness (QED) is 0.927. The zero-order valence-corrected chi connectivity index (χ0v) is 15.2. The van der Waals surface area contributed by atoms with Crippen molar-refractivity contribution < 1.29 is 9.53 Å². The molecule has 25 heavy (non-hydrogen) atoms. The fourth-order valence-electron chi connectivity index (χ4n) is 3.20. The summed E-state index contributed by atoms with van der Waals surface area (Å²) in [6, 6.07) is 10.3. The van der Waals surface area contributed by atoms with Crippen LogP contribution in [0.15, 0.2) is 30.3 Å². The predicted molar refractivity (Wildman–Crippen MR) is 98.8 cm³/mol. The zero-order chi connectivity index (χ0) is 17.8. The summed E-state index contributed by atoms with van der Waals surface area (Å²) in [6.45, 7) is 8.24. The number of methoxy groups -OCH3 is 1. The number of pyridine rings is 1. The van der Waals surface area contributed by atoms with Gasteiger partial charge >= 0.3 is 6.03 Å². The molecule has 2 aromatic rings. The molecule has 0 bridgehead atoms. The lowest BCUT2D eigenvalue weighted by Crippen LogP contribution is -2.53. The molecule has 2 amide bonds. The van der Waals surface area contributed by atoms with E-state index in [1.807, 2.05) is 35.2 Å². The molecular weight excluding hydrogens is 316 g/mol. The minimum absolute atomic E-state index is 0.0109. The Labute approximate surface area is 148 Å². The first kappa shape index (κ1) is 17.5. The minimum atomic E-state index is -0.0109. The minimum Gasteiger partial charge on any atom is -0.481 e. The number of carbonyl (C=O) groups excluding carboxylic acids is 1. The summed E-state index contributed by atoms with van der Waals surface area (Å²) in [5.41, 5.74) is 1.88. The second kappa shape index (κ2) is 7.70. The number of rotatable bonds is 4. The van der Waals surface area contributed by atoms with Crippen molar-refractivity contribution in [3.8, 4) is 5.88 Å². The Hall–Kier alpha value is -2.34. The summed E-state index contributed by atoms with van der Waals surface area (Å²) in [7, 11) is 1.60. The van der Waals surface area contributed by atoms with Crippen LogP contribution >= 0.6 is 0 Å². The highest BCUT2D eigenvalue weighted by molar-refractivity contribution is 5.83. The van der Waals surface area contributed by atoms with Gasteiger partial charge in [0.05, 0.1) is 12.6 Å². The summed E-state index contributed by atoms with van der Waals surface area (Å²) in [5.74, 6) is 0.563. The van der Waals surface area contributed by atoms with Gasteiger partial charge in [-0.3, -0.25) is 4.90 Å². The molecule has 1 aliphatic rings. The number of hydrogen-bond donors (Lipinski definition) is 1. The Morgan fingerprint density at radius 2 is 1.96 bits per heavy atom. The van der Waals surface area contributed by atoms with Gasteiger partial charge in [0, 0.05) is 50.2 Å². The van der Waals surface area contributed by atoms with Crippen LogP contribution in [0.5, 0.6) is 5.88 Å². The topological polar surface area (TPSA) is 57.7 Å². The fraction of sp³-hybridized carbons (Fsp3) is 0.474. The number of aromatic nitrogens is 1. The van der Waals surface area contributed by atoms with E-state index in [0.717, 1.165) is 42.6 Å². The van der Waals surface area contributed by atoms with Crippen LogP contribution in [0.3, 0.4) is 0 Å². The number of nitrogens with zero attached hydrogens (tertiary/aromatic N) is 3. The summed E-state index contributed by atoms with van der Waals surface area (Å²) in [4.78, 5) is 21.2. The van der Waals surface area contributed by atoms with Crippen molar-refractivity contribution in [2.45, 2.75) is 26.4 Å². The molecule has 0 unspecified atom stereocenters. The van der Waals surface area contributed by atoms with E-state index in [1.165, 1.54) is 0 Å². The summed E-state index contributed by atoms with van der Waals surface area (Å²) >= 11 is 0. The van der Waals surface area contributed by atoms with E-state index in [-0.39, 0.29) is 6.03 Å². The maximum absolute atomic E-state index is 12.5. The average Bonchev–Trinajstić information content (AvgIpc) is 2.65. The third-order valence-corrected chi connectivity index (χ3v) is 4.75. The van der Waals surface area contributed by atoms with Crippen LogP contribution in [0.25, 0.3) is 10.9 Å². The fourth-order valence-corrected chi connectivity index (χ4v) is 3.20. The number of amides is 2. The number of carbonyl (C=O) groups is 1. The van der Waals surface area contributed by atoms with E-state index in [4.69, 9.17) is 4.74 Å². The summed E-state index contributed by atoms with van der Waals surface area (Å²) in [5, 5.41) is 4.08. The van der Waals surface area contributed by atoms with Gasteiger partial charge in [-0.2, -0.15) is 0 Å². The number of fused-ring (bicyclic) bond motifs is 1. The van der Waals surface area contributed by atoms with Gasteiger partial charge in [-0.1, -0.05) is 18.2 Å². The second-order valence-electron chi connectivity index (χ2n) is 6.62. The van der Waals surface area contributed by atoms with Gasteiger partial charge in [0.25, 0.3) is 0 Å². The molecule has 0 radical (unpaired) electrons. The number of hydrogen-bond acceptors (Lipinski definition) is 4. The molecule has 1 N–H and O–H groups in total. The normalized spacial score (nSPS) is 15.6. The second-order valence-corrected chi connectivity index (χ2v) is 6.62. The number of ether oxygens (including phenoxy) is 1. The van der Waals surface area contributed by atoms with Crippen LogP contribution in [0, 0.1) is 0 Å². The van der Waals surface area contributed by atoms with Crippen LogP contribution in [0.2, 0.25) is 0 Å². The maximum Gasteiger partial charge on any atom is 0.317 e. The molecule has 1 saturated heterocycles. The van der Waals surface area contributed by atoms with E-state index in [2.05, 4.69) is 29.0 Å². The molecule has 134 valence electrons. The first-order valence-electron chi connectivity index (χ1n) is 8.78. The van der Waals surface area contributed by atoms with Crippen molar-refractivity contribution in [3.05, 3.63) is 35.9 Å². The Kier molecular flexibility index (Phi) is 5.38. The number of piperazine rings is 1. The van der Waals surface area contributed by atoms with Gasteiger partial charge in [0.1, 0.15) is 0 Å².